The van der Waals surface area contributed by atoms with Crippen LogP contribution in [0, 0.1) is 5.41 Å². The molecule has 1 aromatic rings. The van der Waals surface area contributed by atoms with Crippen LogP contribution in [-0.2, 0) is 6.42 Å². The molecule has 0 aliphatic carbocycles. The molecule has 0 unspecified atom stereocenters. The molecule has 0 spiro atoms. The average molecular weight is 248 g/mol. The molecule has 0 bridgehead atoms. The van der Waals surface area contributed by atoms with Gasteiger partial charge < -0.3 is 11.1 Å². The van der Waals surface area contributed by atoms with Crippen molar-refractivity contribution in [3.05, 3.63) is 35.4 Å². The molecule has 3 heteroatoms. The second-order valence-electron chi connectivity index (χ2n) is 5.76. The quantitative estimate of drug-likeness (QED) is 0.840. The Labute approximate surface area is 110 Å². The lowest BCUT2D eigenvalue weighted by atomic mass is 9.92. The number of amides is 1. The molecular weight excluding hydrogens is 224 g/mol. The molecule has 3 N–H and O–H groups in total. The van der Waals surface area contributed by atoms with E-state index in [1.807, 2.05) is 24.3 Å². The van der Waals surface area contributed by atoms with Crippen molar-refractivity contribution in [3.63, 3.8) is 0 Å². The van der Waals surface area contributed by atoms with Gasteiger partial charge in [-0.1, -0.05) is 39.0 Å². The van der Waals surface area contributed by atoms with Gasteiger partial charge in [-0.15, -0.1) is 0 Å². The summed E-state index contributed by atoms with van der Waals surface area (Å²) in [6.07, 6.45) is 1.71. The number of hydrogen-bond acceptors (Lipinski definition) is 2. The number of carbonyl (C=O) groups excluding carboxylic acids is 1. The van der Waals surface area contributed by atoms with Crippen molar-refractivity contribution >= 4 is 5.91 Å². The molecular formula is C15H24N2O. The van der Waals surface area contributed by atoms with E-state index in [4.69, 9.17) is 5.73 Å². The molecule has 0 saturated carbocycles. The summed E-state index contributed by atoms with van der Waals surface area (Å²) in [5.41, 5.74) is 7.56. The highest BCUT2D eigenvalue weighted by molar-refractivity contribution is 5.95. The highest BCUT2D eigenvalue weighted by Crippen LogP contribution is 2.17. The molecule has 0 atom stereocenters. The Balaban J connectivity index is 2.61. The summed E-state index contributed by atoms with van der Waals surface area (Å²) in [5.74, 6) is 0.00306. The van der Waals surface area contributed by atoms with Crippen LogP contribution < -0.4 is 11.1 Å². The van der Waals surface area contributed by atoms with E-state index in [1.165, 1.54) is 0 Å². The average Bonchev–Trinajstić information content (AvgIpc) is 2.28. The second-order valence-corrected chi connectivity index (χ2v) is 5.76. The van der Waals surface area contributed by atoms with E-state index < -0.39 is 0 Å². The van der Waals surface area contributed by atoms with Crippen LogP contribution in [0.15, 0.2) is 24.3 Å². The van der Waals surface area contributed by atoms with E-state index in [9.17, 15) is 4.79 Å². The van der Waals surface area contributed by atoms with Crippen LogP contribution in [0.2, 0.25) is 0 Å². The Hall–Kier alpha value is -1.35. The number of rotatable bonds is 5. The van der Waals surface area contributed by atoms with Gasteiger partial charge >= 0.3 is 0 Å². The van der Waals surface area contributed by atoms with E-state index in [-0.39, 0.29) is 11.3 Å². The lowest BCUT2D eigenvalue weighted by molar-refractivity contribution is 0.0948. The monoisotopic (exact) mass is 248 g/mol. The van der Waals surface area contributed by atoms with Gasteiger partial charge in [-0.3, -0.25) is 4.79 Å². The SMILES string of the molecule is CC(C)(C)CCNC(=O)c1ccccc1CCN. The summed E-state index contributed by atoms with van der Waals surface area (Å²) >= 11 is 0. The van der Waals surface area contributed by atoms with Crippen LogP contribution in [0.1, 0.15) is 43.1 Å². The van der Waals surface area contributed by atoms with Gasteiger partial charge in [0.05, 0.1) is 0 Å². The number of nitrogens with one attached hydrogen (secondary N) is 1. The highest BCUT2D eigenvalue weighted by atomic mass is 16.1. The molecule has 0 aromatic heterocycles. The third-order valence-corrected chi connectivity index (χ3v) is 2.84. The third-order valence-electron chi connectivity index (χ3n) is 2.84. The molecule has 0 saturated heterocycles. The van der Waals surface area contributed by atoms with Gasteiger partial charge in [-0.25, -0.2) is 0 Å². The third kappa shape index (κ3) is 4.88. The van der Waals surface area contributed by atoms with Gasteiger partial charge in [0, 0.05) is 12.1 Å². The minimum Gasteiger partial charge on any atom is -0.352 e. The first-order valence-corrected chi connectivity index (χ1v) is 6.50. The molecule has 0 aliphatic heterocycles. The number of carbonyl (C=O) groups is 1. The van der Waals surface area contributed by atoms with Gasteiger partial charge in [0.1, 0.15) is 0 Å². The zero-order valence-electron chi connectivity index (χ0n) is 11.6. The summed E-state index contributed by atoms with van der Waals surface area (Å²) in [5, 5.41) is 2.97. The Morgan fingerprint density at radius 3 is 2.56 bits per heavy atom. The van der Waals surface area contributed by atoms with Crippen molar-refractivity contribution in [2.24, 2.45) is 11.1 Å². The topological polar surface area (TPSA) is 55.1 Å². The van der Waals surface area contributed by atoms with E-state index >= 15 is 0 Å². The molecule has 0 radical (unpaired) electrons. The molecule has 1 amide bonds. The summed E-state index contributed by atoms with van der Waals surface area (Å²) < 4.78 is 0. The van der Waals surface area contributed by atoms with E-state index in [0.29, 0.717) is 13.1 Å². The van der Waals surface area contributed by atoms with Gasteiger partial charge in [0.15, 0.2) is 0 Å². The predicted molar refractivity (Wildman–Crippen MR) is 75.6 cm³/mol. The van der Waals surface area contributed by atoms with Crippen molar-refractivity contribution in [1.29, 1.82) is 0 Å². The Bertz CT molecular complexity index is 394. The number of nitrogens with two attached hydrogens (primary N) is 1. The van der Waals surface area contributed by atoms with Crippen LogP contribution in [0.3, 0.4) is 0 Å². The zero-order valence-corrected chi connectivity index (χ0v) is 11.6. The first kappa shape index (κ1) is 14.7. The Morgan fingerprint density at radius 2 is 1.94 bits per heavy atom. The largest absolute Gasteiger partial charge is 0.352 e. The minimum absolute atomic E-state index is 0.00306. The van der Waals surface area contributed by atoms with Crippen LogP contribution in [0.4, 0.5) is 0 Å². The first-order valence-electron chi connectivity index (χ1n) is 6.50. The van der Waals surface area contributed by atoms with Gasteiger partial charge in [0.25, 0.3) is 5.91 Å². The van der Waals surface area contributed by atoms with E-state index in [2.05, 4.69) is 26.1 Å². The lowest BCUT2D eigenvalue weighted by Gasteiger charge is -2.18. The molecule has 100 valence electrons. The van der Waals surface area contributed by atoms with Crippen molar-refractivity contribution in [2.45, 2.75) is 33.6 Å². The molecule has 0 heterocycles. The van der Waals surface area contributed by atoms with Crippen molar-refractivity contribution in [2.75, 3.05) is 13.1 Å². The first-order chi connectivity index (χ1) is 8.44. The van der Waals surface area contributed by atoms with Crippen LogP contribution in [0.5, 0.6) is 0 Å². The maximum Gasteiger partial charge on any atom is 0.251 e. The van der Waals surface area contributed by atoms with E-state index in [0.717, 1.165) is 24.0 Å². The van der Waals surface area contributed by atoms with Crippen molar-refractivity contribution in [1.82, 2.24) is 5.32 Å². The smallest absolute Gasteiger partial charge is 0.251 e. The Kier molecular flexibility index (Phi) is 5.35. The fourth-order valence-electron chi connectivity index (χ4n) is 1.76. The Morgan fingerprint density at radius 1 is 1.28 bits per heavy atom. The van der Waals surface area contributed by atoms with Crippen LogP contribution in [-0.4, -0.2) is 19.0 Å². The predicted octanol–water partition coefficient (Wildman–Crippen LogP) is 2.35. The standard InChI is InChI=1S/C15H24N2O/c1-15(2,3)9-11-17-14(18)13-7-5-4-6-12(13)8-10-16/h4-7H,8-11,16H2,1-3H3,(H,17,18). The molecule has 0 fully saturated rings. The molecule has 18 heavy (non-hydrogen) atoms. The summed E-state index contributed by atoms with van der Waals surface area (Å²) in [6.45, 7) is 7.77. The fraction of sp³-hybridized carbons (Fsp3) is 0.533. The van der Waals surface area contributed by atoms with Gasteiger partial charge in [-0.05, 0) is 36.4 Å². The molecule has 3 nitrogen and oxygen atoms in total. The van der Waals surface area contributed by atoms with Gasteiger partial charge in [-0.2, -0.15) is 0 Å². The highest BCUT2D eigenvalue weighted by Gasteiger charge is 2.13. The van der Waals surface area contributed by atoms with Crippen LogP contribution in [0.25, 0.3) is 0 Å². The minimum atomic E-state index is 0.00306. The summed E-state index contributed by atoms with van der Waals surface area (Å²) in [4.78, 5) is 12.1. The maximum atomic E-state index is 12.1. The van der Waals surface area contributed by atoms with Crippen molar-refractivity contribution in [3.8, 4) is 0 Å². The second kappa shape index (κ2) is 6.55. The normalized spacial score (nSPS) is 11.3. The van der Waals surface area contributed by atoms with Crippen molar-refractivity contribution < 1.29 is 4.79 Å². The van der Waals surface area contributed by atoms with Gasteiger partial charge in [0.2, 0.25) is 0 Å². The molecule has 1 aromatic carbocycles. The molecule has 0 aliphatic rings. The zero-order chi connectivity index (χ0) is 13.6. The summed E-state index contributed by atoms with van der Waals surface area (Å²) in [6, 6.07) is 7.65. The van der Waals surface area contributed by atoms with E-state index in [1.54, 1.807) is 0 Å². The summed E-state index contributed by atoms with van der Waals surface area (Å²) in [7, 11) is 0. The maximum absolute atomic E-state index is 12.1. The number of benzene rings is 1. The number of hydrogen-bond donors (Lipinski definition) is 2. The fourth-order valence-corrected chi connectivity index (χ4v) is 1.76. The molecule has 1 rings (SSSR count). The lowest BCUT2D eigenvalue weighted by Crippen LogP contribution is -2.28. The van der Waals surface area contributed by atoms with Crippen LogP contribution >= 0.6 is 0 Å².